The first-order valence-corrected chi connectivity index (χ1v) is 11.5. The summed E-state index contributed by atoms with van der Waals surface area (Å²) in [5, 5.41) is 0. The highest BCUT2D eigenvalue weighted by Gasteiger charge is 2.33. The Labute approximate surface area is 172 Å². The highest BCUT2D eigenvalue weighted by molar-refractivity contribution is 7.85. The molecule has 7 nitrogen and oxygen atoms in total. The van der Waals surface area contributed by atoms with Gasteiger partial charge in [-0.05, 0) is 51.3 Å². The Balaban J connectivity index is 2.11. The molecule has 0 bridgehead atoms. The molecule has 1 unspecified atom stereocenters. The minimum Gasteiger partial charge on any atom is -0.444 e. The number of halogens is 1. The van der Waals surface area contributed by atoms with Crippen molar-refractivity contribution in [2.45, 2.75) is 45.3 Å². The third-order valence-corrected chi connectivity index (χ3v) is 4.99. The van der Waals surface area contributed by atoms with E-state index < -0.39 is 21.8 Å². The van der Waals surface area contributed by atoms with Gasteiger partial charge in [0.2, 0.25) is 0 Å². The van der Waals surface area contributed by atoms with Crippen molar-refractivity contribution in [3.8, 4) is 0 Å². The van der Waals surface area contributed by atoms with Gasteiger partial charge in [0.15, 0.2) is 0 Å². The summed E-state index contributed by atoms with van der Waals surface area (Å²) in [6.45, 7) is 6.32. The SMILES string of the molecule is CC(C)(C)OC(=O)N1CCCC([C@@H](OCCOS(C)(=O)=O)c2cccc(F)c2)C1. The summed E-state index contributed by atoms with van der Waals surface area (Å²) in [5.41, 5.74) is 0.0475. The molecule has 9 heteroatoms. The smallest absolute Gasteiger partial charge is 0.410 e. The van der Waals surface area contributed by atoms with E-state index in [2.05, 4.69) is 0 Å². The Kier molecular flexibility index (Phi) is 8.02. The van der Waals surface area contributed by atoms with E-state index in [4.69, 9.17) is 13.7 Å². The first-order valence-electron chi connectivity index (χ1n) is 9.64. The van der Waals surface area contributed by atoms with E-state index in [-0.39, 0.29) is 31.0 Å². The molecule has 1 heterocycles. The molecular weight excluding hydrogens is 401 g/mol. The zero-order valence-electron chi connectivity index (χ0n) is 17.4. The fourth-order valence-electron chi connectivity index (χ4n) is 3.30. The number of nitrogens with zero attached hydrogens (tertiary/aromatic N) is 1. The largest absolute Gasteiger partial charge is 0.444 e. The predicted molar refractivity (Wildman–Crippen MR) is 106 cm³/mol. The standard InChI is InChI=1S/C20H30FNO6S/c1-20(2,3)28-19(23)22-10-6-8-16(14-22)18(15-7-5-9-17(21)13-15)26-11-12-27-29(4,24)25/h5,7,9,13,16,18H,6,8,10-12,14H2,1-4H3/t16?,18-/m0/s1. The summed E-state index contributed by atoms with van der Waals surface area (Å²) in [5.74, 6) is -0.473. The Hall–Kier alpha value is -1.71. The molecule has 0 aliphatic carbocycles. The van der Waals surface area contributed by atoms with Crippen LogP contribution in [-0.2, 0) is 23.8 Å². The van der Waals surface area contributed by atoms with Crippen LogP contribution in [0.25, 0.3) is 0 Å². The van der Waals surface area contributed by atoms with E-state index in [0.717, 1.165) is 19.1 Å². The lowest BCUT2D eigenvalue weighted by Crippen LogP contribution is -2.44. The van der Waals surface area contributed by atoms with Crippen LogP contribution in [0.3, 0.4) is 0 Å². The van der Waals surface area contributed by atoms with E-state index in [9.17, 15) is 17.6 Å². The van der Waals surface area contributed by atoms with Crippen LogP contribution in [0, 0.1) is 11.7 Å². The van der Waals surface area contributed by atoms with Gasteiger partial charge in [0, 0.05) is 19.0 Å². The van der Waals surface area contributed by atoms with Crippen molar-refractivity contribution in [2.75, 3.05) is 32.6 Å². The lowest BCUT2D eigenvalue weighted by molar-refractivity contribution is -0.0323. The molecule has 164 valence electrons. The summed E-state index contributed by atoms with van der Waals surface area (Å²) in [7, 11) is -3.57. The third-order valence-electron chi connectivity index (χ3n) is 4.39. The van der Waals surface area contributed by atoms with Crippen LogP contribution >= 0.6 is 0 Å². The number of ether oxygens (including phenoxy) is 2. The molecule has 0 radical (unpaired) electrons. The number of hydrogen-bond donors (Lipinski definition) is 0. The minimum absolute atomic E-state index is 0.0250. The Bertz CT molecular complexity index is 792. The minimum atomic E-state index is -3.57. The van der Waals surface area contributed by atoms with Gasteiger partial charge in [-0.2, -0.15) is 8.42 Å². The molecule has 1 saturated heterocycles. The van der Waals surface area contributed by atoms with Gasteiger partial charge < -0.3 is 14.4 Å². The van der Waals surface area contributed by atoms with Crippen molar-refractivity contribution in [1.29, 1.82) is 0 Å². The molecule has 1 amide bonds. The maximum Gasteiger partial charge on any atom is 0.410 e. The number of rotatable bonds is 7. The van der Waals surface area contributed by atoms with Crippen LogP contribution in [0.4, 0.5) is 9.18 Å². The molecular formula is C20H30FNO6S. The number of amides is 1. The van der Waals surface area contributed by atoms with Crippen molar-refractivity contribution >= 4 is 16.2 Å². The average Bonchev–Trinajstić information content (AvgIpc) is 2.59. The van der Waals surface area contributed by atoms with Crippen molar-refractivity contribution in [3.63, 3.8) is 0 Å². The number of likely N-dealkylation sites (tertiary alicyclic amines) is 1. The van der Waals surface area contributed by atoms with Gasteiger partial charge in [0.05, 0.1) is 25.6 Å². The normalized spacial score (nSPS) is 19.1. The lowest BCUT2D eigenvalue weighted by Gasteiger charge is -2.37. The zero-order valence-corrected chi connectivity index (χ0v) is 18.2. The molecule has 0 saturated carbocycles. The molecule has 1 aromatic carbocycles. The Morgan fingerprint density at radius 1 is 1.31 bits per heavy atom. The molecule has 1 aliphatic heterocycles. The maximum atomic E-state index is 13.8. The summed E-state index contributed by atoms with van der Waals surface area (Å²) >= 11 is 0. The van der Waals surface area contributed by atoms with Gasteiger partial charge in [0.1, 0.15) is 11.4 Å². The van der Waals surface area contributed by atoms with E-state index in [1.807, 2.05) is 20.8 Å². The summed E-state index contributed by atoms with van der Waals surface area (Å²) in [4.78, 5) is 14.1. The van der Waals surface area contributed by atoms with E-state index >= 15 is 0 Å². The van der Waals surface area contributed by atoms with Gasteiger partial charge in [-0.25, -0.2) is 9.18 Å². The van der Waals surface area contributed by atoms with Crippen LogP contribution in [0.1, 0.15) is 45.3 Å². The van der Waals surface area contributed by atoms with E-state index in [1.165, 1.54) is 12.1 Å². The molecule has 0 spiro atoms. The maximum absolute atomic E-state index is 13.8. The third kappa shape index (κ3) is 8.28. The highest BCUT2D eigenvalue weighted by Crippen LogP contribution is 2.33. The van der Waals surface area contributed by atoms with Crippen molar-refractivity contribution in [3.05, 3.63) is 35.6 Å². The fraction of sp³-hybridized carbons (Fsp3) is 0.650. The van der Waals surface area contributed by atoms with Crippen molar-refractivity contribution in [1.82, 2.24) is 4.90 Å². The highest BCUT2D eigenvalue weighted by atomic mass is 32.2. The number of carbonyl (C=O) groups excluding carboxylic acids is 1. The number of piperidine rings is 1. The predicted octanol–water partition coefficient (Wildman–Crippen LogP) is 3.51. The van der Waals surface area contributed by atoms with Crippen molar-refractivity contribution in [2.24, 2.45) is 5.92 Å². The molecule has 1 fully saturated rings. The summed E-state index contributed by atoms with van der Waals surface area (Å²) in [6, 6.07) is 6.11. The first-order chi connectivity index (χ1) is 13.4. The molecule has 0 aromatic heterocycles. The lowest BCUT2D eigenvalue weighted by atomic mass is 9.88. The van der Waals surface area contributed by atoms with E-state index in [1.54, 1.807) is 17.0 Å². The van der Waals surface area contributed by atoms with Crippen molar-refractivity contribution < 1.29 is 31.3 Å². The first kappa shape index (κ1) is 23.6. The summed E-state index contributed by atoms with van der Waals surface area (Å²) < 4.78 is 52.2. The fourth-order valence-corrected chi connectivity index (χ4v) is 3.67. The van der Waals surface area contributed by atoms with Gasteiger partial charge in [-0.1, -0.05) is 12.1 Å². The van der Waals surface area contributed by atoms with Gasteiger partial charge in [-0.3, -0.25) is 4.18 Å². The molecule has 2 rings (SSSR count). The van der Waals surface area contributed by atoms with E-state index in [0.29, 0.717) is 18.7 Å². The quantitative estimate of drug-likeness (QED) is 0.485. The topological polar surface area (TPSA) is 82.1 Å². The average molecular weight is 432 g/mol. The van der Waals surface area contributed by atoms with Gasteiger partial charge in [0.25, 0.3) is 10.1 Å². The molecule has 1 aliphatic rings. The molecule has 29 heavy (non-hydrogen) atoms. The van der Waals surface area contributed by atoms with Gasteiger partial charge in [-0.15, -0.1) is 0 Å². The van der Waals surface area contributed by atoms with Crippen LogP contribution < -0.4 is 0 Å². The molecule has 0 N–H and O–H groups in total. The number of benzene rings is 1. The summed E-state index contributed by atoms with van der Waals surface area (Å²) in [6.07, 6.45) is 1.63. The monoisotopic (exact) mass is 431 g/mol. The second-order valence-electron chi connectivity index (χ2n) is 8.20. The second kappa shape index (κ2) is 9.86. The number of carbonyl (C=O) groups is 1. The molecule has 1 aromatic rings. The zero-order chi connectivity index (χ0) is 21.7. The Morgan fingerprint density at radius 2 is 2.03 bits per heavy atom. The number of hydrogen-bond acceptors (Lipinski definition) is 6. The van der Waals surface area contributed by atoms with Crippen LogP contribution in [-0.4, -0.2) is 57.6 Å². The second-order valence-corrected chi connectivity index (χ2v) is 9.85. The Morgan fingerprint density at radius 3 is 2.66 bits per heavy atom. The van der Waals surface area contributed by atoms with Gasteiger partial charge >= 0.3 is 6.09 Å². The molecule has 2 atom stereocenters. The van der Waals surface area contributed by atoms with Crippen LogP contribution in [0.15, 0.2) is 24.3 Å². The van der Waals surface area contributed by atoms with Crippen LogP contribution in [0.5, 0.6) is 0 Å². The van der Waals surface area contributed by atoms with Crippen LogP contribution in [0.2, 0.25) is 0 Å².